The number of hydrogen-bond donors (Lipinski definition) is 2. The number of carbonyl (C=O) groups excluding carboxylic acids is 1. The van der Waals surface area contributed by atoms with Crippen molar-refractivity contribution >= 4 is 21.8 Å². The van der Waals surface area contributed by atoms with Crippen molar-refractivity contribution in [3.8, 4) is 0 Å². The van der Waals surface area contributed by atoms with E-state index in [9.17, 15) is 4.79 Å². The Kier molecular flexibility index (Phi) is 5.36. The molecule has 0 heterocycles. The van der Waals surface area contributed by atoms with E-state index in [4.69, 9.17) is 5.84 Å². The summed E-state index contributed by atoms with van der Waals surface area (Å²) in [6, 6.07) is 8.24. The molecule has 1 amide bonds. The maximum absolute atomic E-state index is 10.8. The second-order valence-corrected chi connectivity index (χ2v) is 4.32. The van der Waals surface area contributed by atoms with Gasteiger partial charge in [0.05, 0.1) is 0 Å². The third kappa shape index (κ3) is 4.95. The maximum Gasteiger partial charge on any atom is 0.233 e. The standard InChI is InChI=1S/C11H15BrN2O/c12-10-7-5-9(6-8-10)3-1-2-4-11(15)14-13/h5-8H,1-4,13H2,(H,14,15). The smallest absolute Gasteiger partial charge is 0.233 e. The van der Waals surface area contributed by atoms with E-state index in [1.165, 1.54) is 5.56 Å². The number of hydrogen-bond acceptors (Lipinski definition) is 2. The summed E-state index contributed by atoms with van der Waals surface area (Å²) in [6.45, 7) is 0. The van der Waals surface area contributed by atoms with Gasteiger partial charge in [0.2, 0.25) is 5.91 Å². The number of aryl methyl sites for hydroxylation is 1. The van der Waals surface area contributed by atoms with Gasteiger partial charge in [0.1, 0.15) is 0 Å². The largest absolute Gasteiger partial charge is 0.294 e. The molecule has 0 saturated heterocycles. The fourth-order valence-electron chi connectivity index (χ4n) is 1.34. The topological polar surface area (TPSA) is 55.1 Å². The Labute approximate surface area is 98.1 Å². The zero-order valence-corrected chi connectivity index (χ0v) is 10.1. The van der Waals surface area contributed by atoms with Crippen LogP contribution in [-0.4, -0.2) is 5.91 Å². The van der Waals surface area contributed by atoms with Crippen molar-refractivity contribution in [3.63, 3.8) is 0 Å². The van der Waals surface area contributed by atoms with Crippen LogP contribution in [0.25, 0.3) is 0 Å². The molecule has 0 atom stereocenters. The van der Waals surface area contributed by atoms with Gasteiger partial charge >= 0.3 is 0 Å². The van der Waals surface area contributed by atoms with Crippen molar-refractivity contribution in [2.45, 2.75) is 25.7 Å². The molecule has 82 valence electrons. The minimum absolute atomic E-state index is 0.0918. The van der Waals surface area contributed by atoms with Gasteiger partial charge in [-0.2, -0.15) is 0 Å². The molecule has 3 N–H and O–H groups in total. The average molecular weight is 271 g/mol. The summed E-state index contributed by atoms with van der Waals surface area (Å²) in [5.74, 6) is 4.89. The summed E-state index contributed by atoms with van der Waals surface area (Å²) < 4.78 is 1.09. The van der Waals surface area contributed by atoms with Gasteiger partial charge in [0.25, 0.3) is 0 Å². The highest BCUT2D eigenvalue weighted by Crippen LogP contribution is 2.12. The minimum atomic E-state index is -0.0918. The molecule has 1 rings (SSSR count). The first kappa shape index (κ1) is 12.2. The highest BCUT2D eigenvalue weighted by Gasteiger charge is 1.98. The molecule has 0 unspecified atom stereocenters. The van der Waals surface area contributed by atoms with Gasteiger partial charge in [-0.15, -0.1) is 0 Å². The van der Waals surface area contributed by atoms with Gasteiger partial charge in [0.15, 0.2) is 0 Å². The number of rotatable bonds is 5. The summed E-state index contributed by atoms with van der Waals surface area (Å²) in [5, 5.41) is 0. The molecule has 15 heavy (non-hydrogen) atoms. The molecule has 0 bridgehead atoms. The van der Waals surface area contributed by atoms with E-state index < -0.39 is 0 Å². The van der Waals surface area contributed by atoms with Crippen LogP contribution in [0.5, 0.6) is 0 Å². The number of nitrogens with two attached hydrogens (primary N) is 1. The molecule has 0 aliphatic heterocycles. The fourth-order valence-corrected chi connectivity index (χ4v) is 1.60. The van der Waals surface area contributed by atoms with Gasteiger partial charge in [0, 0.05) is 10.9 Å². The number of amides is 1. The predicted octanol–water partition coefficient (Wildman–Crippen LogP) is 2.15. The van der Waals surface area contributed by atoms with Crippen molar-refractivity contribution in [3.05, 3.63) is 34.3 Å². The quantitative estimate of drug-likeness (QED) is 0.373. The Hall–Kier alpha value is -0.870. The number of benzene rings is 1. The molecule has 0 aromatic heterocycles. The number of carbonyl (C=O) groups is 1. The highest BCUT2D eigenvalue weighted by atomic mass is 79.9. The highest BCUT2D eigenvalue weighted by molar-refractivity contribution is 9.10. The van der Waals surface area contributed by atoms with E-state index in [-0.39, 0.29) is 5.91 Å². The van der Waals surface area contributed by atoms with E-state index in [1.54, 1.807) is 0 Å². The van der Waals surface area contributed by atoms with Crippen LogP contribution in [0.4, 0.5) is 0 Å². The monoisotopic (exact) mass is 270 g/mol. The lowest BCUT2D eigenvalue weighted by atomic mass is 10.1. The van der Waals surface area contributed by atoms with Crippen LogP contribution >= 0.6 is 15.9 Å². The number of nitrogens with one attached hydrogen (secondary N) is 1. The third-order valence-corrected chi connectivity index (χ3v) is 2.72. The lowest BCUT2D eigenvalue weighted by molar-refractivity contribution is -0.121. The summed E-state index contributed by atoms with van der Waals surface area (Å²) in [7, 11) is 0. The first-order chi connectivity index (χ1) is 7.22. The van der Waals surface area contributed by atoms with E-state index >= 15 is 0 Å². The lowest BCUT2D eigenvalue weighted by Crippen LogP contribution is -2.29. The Morgan fingerprint density at radius 3 is 2.53 bits per heavy atom. The van der Waals surface area contributed by atoms with Crippen LogP contribution < -0.4 is 11.3 Å². The normalized spacial score (nSPS) is 10.0. The van der Waals surface area contributed by atoms with Gasteiger partial charge in [-0.1, -0.05) is 28.1 Å². The average Bonchev–Trinajstić information content (AvgIpc) is 2.26. The predicted molar refractivity (Wildman–Crippen MR) is 64.0 cm³/mol. The van der Waals surface area contributed by atoms with Crippen LogP contribution in [0.2, 0.25) is 0 Å². The van der Waals surface area contributed by atoms with Gasteiger partial charge < -0.3 is 0 Å². The molecule has 1 aromatic carbocycles. The molecule has 0 aliphatic carbocycles. The van der Waals surface area contributed by atoms with Gasteiger partial charge in [-0.05, 0) is 37.0 Å². The Balaban J connectivity index is 2.20. The molecule has 0 saturated carbocycles. The third-order valence-electron chi connectivity index (χ3n) is 2.19. The SMILES string of the molecule is NNC(=O)CCCCc1ccc(Br)cc1. The first-order valence-corrected chi connectivity index (χ1v) is 5.75. The van der Waals surface area contributed by atoms with Crippen molar-refractivity contribution in [2.24, 2.45) is 5.84 Å². The first-order valence-electron chi connectivity index (χ1n) is 4.96. The maximum atomic E-state index is 10.8. The molecule has 1 aromatic rings. The number of unbranched alkanes of at least 4 members (excludes halogenated alkanes) is 1. The van der Waals surface area contributed by atoms with Crippen LogP contribution in [0.1, 0.15) is 24.8 Å². The van der Waals surface area contributed by atoms with E-state index in [1.807, 2.05) is 12.1 Å². The lowest BCUT2D eigenvalue weighted by Gasteiger charge is -2.01. The van der Waals surface area contributed by atoms with Crippen molar-refractivity contribution in [2.75, 3.05) is 0 Å². The molecular formula is C11H15BrN2O. The van der Waals surface area contributed by atoms with Gasteiger partial charge in [-0.25, -0.2) is 5.84 Å². The Bertz CT molecular complexity index is 311. The summed E-state index contributed by atoms with van der Waals surface area (Å²) in [6.07, 6.45) is 3.40. The molecule has 0 fully saturated rings. The van der Waals surface area contributed by atoms with Crippen LogP contribution in [0.3, 0.4) is 0 Å². The molecular weight excluding hydrogens is 256 g/mol. The minimum Gasteiger partial charge on any atom is -0.294 e. The van der Waals surface area contributed by atoms with Gasteiger partial charge in [-0.3, -0.25) is 10.2 Å². The summed E-state index contributed by atoms with van der Waals surface area (Å²) in [5.41, 5.74) is 3.42. The molecule has 0 spiro atoms. The van der Waals surface area contributed by atoms with E-state index in [2.05, 4.69) is 33.5 Å². The Morgan fingerprint density at radius 2 is 1.93 bits per heavy atom. The van der Waals surface area contributed by atoms with Crippen molar-refractivity contribution in [1.29, 1.82) is 0 Å². The molecule has 4 heteroatoms. The fraction of sp³-hybridized carbons (Fsp3) is 0.364. The molecule has 3 nitrogen and oxygen atoms in total. The zero-order chi connectivity index (χ0) is 11.1. The Morgan fingerprint density at radius 1 is 1.27 bits per heavy atom. The summed E-state index contributed by atoms with van der Waals surface area (Å²) in [4.78, 5) is 10.8. The zero-order valence-electron chi connectivity index (χ0n) is 8.50. The number of hydrazine groups is 1. The van der Waals surface area contributed by atoms with E-state index in [0.717, 1.165) is 23.7 Å². The van der Waals surface area contributed by atoms with Crippen LogP contribution in [-0.2, 0) is 11.2 Å². The van der Waals surface area contributed by atoms with Crippen LogP contribution in [0.15, 0.2) is 28.7 Å². The van der Waals surface area contributed by atoms with Crippen LogP contribution in [0, 0.1) is 0 Å². The second-order valence-electron chi connectivity index (χ2n) is 3.40. The summed E-state index contributed by atoms with van der Waals surface area (Å²) >= 11 is 3.39. The second kappa shape index (κ2) is 6.58. The van der Waals surface area contributed by atoms with E-state index in [0.29, 0.717) is 6.42 Å². The van der Waals surface area contributed by atoms with Crippen molar-refractivity contribution in [1.82, 2.24) is 5.43 Å². The van der Waals surface area contributed by atoms with Crippen molar-refractivity contribution < 1.29 is 4.79 Å². The molecule has 0 radical (unpaired) electrons. The number of halogens is 1. The molecule has 0 aliphatic rings.